The SMILES string of the molecule is FC#CCC(NC1=NCCO1)c1cccc2c1CCC2. The maximum atomic E-state index is 12.2. The number of nitrogens with one attached hydrogen (secondary N) is 1. The average molecular weight is 272 g/mol. The summed E-state index contributed by atoms with van der Waals surface area (Å²) in [5.74, 6) is 2.52. The van der Waals surface area contributed by atoms with Crippen molar-refractivity contribution in [3.63, 3.8) is 0 Å². The quantitative estimate of drug-likeness (QED) is 0.858. The van der Waals surface area contributed by atoms with E-state index in [-0.39, 0.29) is 6.04 Å². The highest BCUT2D eigenvalue weighted by molar-refractivity contribution is 5.75. The molecule has 1 N–H and O–H groups in total. The Morgan fingerprint density at radius 3 is 3.15 bits per heavy atom. The van der Waals surface area contributed by atoms with Crippen LogP contribution < -0.4 is 5.32 Å². The van der Waals surface area contributed by atoms with Crippen LogP contribution in [0.1, 0.15) is 35.6 Å². The number of hydrogen-bond donors (Lipinski definition) is 1. The van der Waals surface area contributed by atoms with E-state index < -0.39 is 0 Å². The van der Waals surface area contributed by atoms with Crippen LogP contribution in [0, 0.1) is 12.1 Å². The number of rotatable bonds is 3. The molecule has 1 aromatic carbocycles. The molecule has 0 amide bonds. The molecular formula is C16H17FN2O. The zero-order chi connectivity index (χ0) is 13.8. The summed E-state index contributed by atoms with van der Waals surface area (Å²) in [6.45, 7) is 1.29. The van der Waals surface area contributed by atoms with Gasteiger partial charge in [0.05, 0.1) is 12.6 Å². The maximum absolute atomic E-state index is 12.2. The summed E-state index contributed by atoms with van der Waals surface area (Å²) in [5, 5.41) is 3.26. The predicted octanol–water partition coefficient (Wildman–Crippen LogP) is 2.51. The summed E-state index contributed by atoms with van der Waals surface area (Å²) in [5.41, 5.74) is 3.97. The van der Waals surface area contributed by atoms with Crippen LogP contribution >= 0.6 is 0 Å². The topological polar surface area (TPSA) is 33.6 Å². The van der Waals surface area contributed by atoms with Gasteiger partial charge in [-0.1, -0.05) is 24.1 Å². The summed E-state index contributed by atoms with van der Waals surface area (Å²) in [7, 11) is 0. The Labute approximate surface area is 118 Å². The molecule has 1 aromatic rings. The van der Waals surface area contributed by atoms with Crippen molar-refractivity contribution in [3.8, 4) is 12.1 Å². The van der Waals surface area contributed by atoms with Crippen LogP contribution in [0.4, 0.5) is 4.39 Å². The van der Waals surface area contributed by atoms with Crippen LogP contribution in [-0.4, -0.2) is 19.2 Å². The molecule has 0 spiro atoms. The van der Waals surface area contributed by atoms with Crippen molar-refractivity contribution in [1.82, 2.24) is 5.32 Å². The van der Waals surface area contributed by atoms with E-state index >= 15 is 0 Å². The van der Waals surface area contributed by atoms with Gasteiger partial charge in [0.1, 0.15) is 12.8 Å². The third-order valence-electron chi connectivity index (χ3n) is 3.81. The largest absolute Gasteiger partial charge is 0.463 e. The molecule has 104 valence electrons. The smallest absolute Gasteiger partial charge is 0.285 e. The third kappa shape index (κ3) is 2.62. The summed E-state index contributed by atoms with van der Waals surface area (Å²) in [6.07, 6.45) is 5.30. The molecule has 20 heavy (non-hydrogen) atoms. The number of aryl methyl sites for hydroxylation is 1. The van der Waals surface area contributed by atoms with E-state index in [9.17, 15) is 4.39 Å². The highest BCUT2D eigenvalue weighted by Crippen LogP contribution is 2.30. The molecule has 0 fully saturated rings. The molecule has 0 aromatic heterocycles. The lowest BCUT2D eigenvalue weighted by Gasteiger charge is -2.20. The Kier molecular flexibility index (Phi) is 3.87. The van der Waals surface area contributed by atoms with Crippen LogP contribution in [0.2, 0.25) is 0 Å². The van der Waals surface area contributed by atoms with E-state index in [2.05, 4.69) is 34.4 Å². The van der Waals surface area contributed by atoms with E-state index in [1.54, 1.807) is 0 Å². The first-order valence-electron chi connectivity index (χ1n) is 7.01. The zero-order valence-electron chi connectivity index (χ0n) is 11.3. The number of nitrogens with zero attached hydrogens (tertiary/aromatic N) is 1. The van der Waals surface area contributed by atoms with Gasteiger partial charge in [0.2, 0.25) is 0 Å². The van der Waals surface area contributed by atoms with Gasteiger partial charge in [0.15, 0.2) is 0 Å². The zero-order valence-corrected chi connectivity index (χ0v) is 11.3. The van der Waals surface area contributed by atoms with Crippen molar-refractivity contribution in [3.05, 3.63) is 34.9 Å². The van der Waals surface area contributed by atoms with Crippen LogP contribution in [0.3, 0.4) is 0 Å². The number of hydrogen-bond acceptors (Lipinski definition) is 3. The number of halogens is 1. The van der Waals surface area contributed by atoms with Gasteiger partial charge in [-0.15, -0.1) is 4.39 Å². The highest BCUT2D eigenvalue weighted by atomic mass is 19.1. The predicted molar refractivity (Wildman–Crippen MR) is 76.1 cm³/mol. The lowest BCUT2D eigenvalue weighted by molar-refractivity contribution is 0.325. The van der Waals surface area contributed by atoms with E-state index in [1.807, 2.05) is 0 Å². The van der Waals surface area contributed by atoms with Crippen molar-refractivity contribution in [2.24, 2.45) is 4.99 Å². The van der Waals surface area contributed by atoms with Crippen LogP contribution in [0.5, 0.6) is 0 Å². The average Bonchev–Trinajstić information content (AvgIpc) is 3.13. The fourth-order valence-corrected chi connectivity index (χ4v) is 2.93. The fraction of sp³-hybridized carbons (Fsp3) is 0.438. The Morgan fingerprint density at radius 2 is 2.35 bits per heavy atom. The van der Waals surface area contributed by atoms with Gasteiger partial charge in [-0.3, -0.25) is 0 Å². The van der Waals surface area contributed by atoms with E-state index in [4.69, 9.17) is 4.74 Å². The van der Waals surface area contributed by atoms with Gasteiger partial charge >= 0.3 is 0 Å². The standard InChI is InChI=1S/C16H17FN2O/c17-9-3-8-15(19-16-18-10-11-20-16)14-7-2-5-12-4-1-6-13(12)14/h2,5,7,15H,1,4,6,8,10-11H2,(H,18,19). The molecule has 1 heterocycles. The van der Waals surface area contributed by atoms with Gasteiger partial charge in [0, 0.05) is 6.42 Å². The number of amidine groups is 1. The second-order valence-electron chi connectivity index (χ2n) is 5.05. The van der Waals surface area contributed by atoms with E-state index in [0.717, 1.165) is 12.8 Å². The second-order valence-corrected chi connectivity index (χ2v) is 5.05. The molecule has 0 radical (unpaired) electrons. The minimum atomic E-state index is -0.0665. The summed E-state index contributed by atoms with van der Waals surface area (Å²) >= 11 is 0. The minimum Gasteiger partial charge on any atom is -0.463 e. The first kappa shape index (κ1) is 13.0. The van der Waals surface area contributed by atoms with E-state index in [0.29, 0.717) is 25.6 Å². The molecule has 4 heteroatoms. The molecule has 0 bridgehead atoms. The molecule has 1 unspecified atom stereocenters. The van der Waals surface area contributed by atoms with Crippen molar-refractivity contribution < 1.29 is 9.13 Å². The first-order chi connectivity index (χ1) is 9.88. The number of ether oxygens (including phenoxy) is 1. The van der Waals surface area contributed by atoms with Crippen molar-refractivity contribution >= 4 is 6.02 Å². The minimum absolute atomic E-state index is 0.0665. The monoisotopic (exact) mass is 272 g/mol. The molecule has 1 aliphatic carbocycles. The van der Waals surface area contributed by atoms with E-state index in [1.165, 1.54) is 29.3 Å². The summed E-state index contributed by atoms with van der Waals surface area (Å²) in [6, 6.07) is 6.81. The van der Waals surface area contributed by atoms with Gasteiger partial charge in [-0.05, 0) is 36.0 Å². The maximum Gasteiger partial charge on any atom is 0.285 e. The lowest BCUT2D eigenvalue weighted by atomic mass is 9.95. The summed E-state index contributed by atoms with van der Waals surface area (Å²) in [4.78, 5) is 4.24. The molecule has 0 saturated carbocycles. The highest BCUT2D eigenvalue weighted by Gasteiger charge is 2.22. The second kappa shape index (κ2) is 5.96. The van der Waals surface area contributed by atoms with Crippen molar-refractivity contribution in [2.75, 3.05) is 13.2 Å². The molecule has 3 rings (SSSR count). The normalized spacial score (nSPS) is 17.6. The molecule has 1 atom stereocenters. The summed E-state index contributed by atoms with van der Waals surface area (Å²) < 4.78 is 17.6. The van der Waals surface area contributed by atoms with Crippen molar-refractivity contribution in [1.29, 1.82) is 0 Å². The Morgan fingerprint density at radius 1 is 1.40 bits per heavy atom. The Hall–Kier alpha value is -2.02. The van der Waals surface area contributed by atoms with Gasteiger partial charge in [-0.25, -0.2) is 4.99 Å². The third-order valence-corrected chi connectivity index (χ3v) is 3.81. The molecule has 1 aliphatic heterocycles. The Balaban J connectivity index is 1.87. The molecule has 3 nitrogen and oxygen atoms in total. The lowest BCUT2D eigenvalue weighted by Crippen LogP contribution is -2.29. The first-order valence-corrected chi connectivity index (χ1v) is 7.01. The number of fused-ring (bicyclic) bond motifs is 1. The van der Waals surface area contributed by atoms with Crippen LogP contribution in [0.25, 0.3) is 0 Å². The molecule has 0 saturated heterocycles. The fourth-order valence-electron chi connectivity index (χ4n) is 2.93. The number of aliphatic imine (C=N–C) groups is 1. The number of benzene rings is 1. The molecule has 2 aliphatic rings. The van der Waals surface area contributed by atoms with Crippen molar-refractivity contribution in [2.45, 2.75) is 31.7 Å². The van der Waals surface area contributed by atoms with Gasteiger partial charge in [0.25, 0.3) is 6.02 Å². The molecular weight excluding hydrogens is 255 g/mol. The Bertz CT molecular complexity index is 586. The van der Waals surface area contributed by atoms with Gasteiger partial charge in [-0.2, -0.15) is 0 Å². The van der Waals surface area contributed by atoms with Crippen LogP contribution in [-0.2, 0) is 17.6 Å². The van der Waals surface area contributed by atoms with Gasteiger partial charge < -0.3 is 10.1 Å². The van der Waals surface area contributed by atoms with Crippen LogP contribution in [0.15, 0.2) is 23.2 Å².